The largest absolute Gasteiger partial charge is 0.466 e. The number of nitrogens with one attached hydrogen (secondary N) is 1. The summed E-state index contributed by atoms with van der Waals surface area (Å²) in [4.78, 5) is 0. The maximum Gasteiger partial charge on any atom is 0.189 e. The first kappa shape index (κ1) is 14.3. The van der Waals surface area contributed by atoms with Crippen molar-refractivity contribution >= 4 is 11.6 Å². The smallest absolute Gasteiger partial charge is 0.189 e. The monoisotopic (exact) mass is 257 g/mol. The van der Waals surface area contributed by atoms with Crippen LogP contribution < -0.4 is 10.1 Å². The van der Waals surface area contributed by atoms with Gasteiger partial charge in [-0.2, -0.15) is 0 Å². The Bertz CT molecular complexity index is 344. The van der Waals surface area contributed by atoms with Crippen molar-refractivity contribution in [3.63, 3.8) is 0 Å². The maximum absolute atomic E-state index is 6.14. The zero-order valence-corrected chi connectivity index (χ0v) is 11.4. The van der Waals surface area contributed by atoms with Crippen LogP contribution in [0.2, 0.25) is 5.02 Å². The van der Waals surface area contributed by atoms with E-state index in [4.69, 9.17) is 21.1 Å². The van der Waals surface area contributed by atoms with Crippen LogP contribution >= 0.6 is 11.6 Å². The van der Waals surface area contributed by atoms with Crippen LogP contribution in [0, 0.1) is 0 Å². The lowest BCUT2D eigenvalue weighted by Gasteiger charge is -2.14. The third kappa shape index (κ3) is 4.54. The molecule has 0 amide bonds. The van der Waals surface area contributed by atoms with Gasteiger partial charge in [0.15, 0.2) is 6.79 Å². The van der Waals surface area contributed by atoms with Gasteiger partial charge in [0.2, 0.25) is 0 Å². The molecule has 1 unspecified atom stereocenters. The molecule has 0 spiro atoms. The van der Waals surface area contributed by atoms with Crippen LogP contribution in [-0.2, 0) is 4.74 Å². The Morgan fingerprint density at radius 3 is 2.71 bits per heavy atom. The summed E-state index contributed by atoms with van der Waals surface area (Å²) in [5, 5.41) is 3.95. The van der Waals surface area contributed by atoms with Crippen molar-refractivity contribution in [3.05, 3.63) is 28.8 Å². The Kier molecular flexibility index (Phi) is 6.34. The third-order valence-electron chi connectivity index (χ3n) is 2.47. The van der Waals surface area contributed by atoms with Gasteiger partial charge in [-0.15, -0.1) is 0 Å². The summed E-state index contributed by atoms with van der Waals surface area (Å²) in [5.41, 5.74) is 1.15. The number of rotatable bonds is 7. The minimum absolute atomic E-state index is 0.234. The molecule has 0 saturated carbocycles. The number of hydrogen-bond donors (Lipinski definition) is 1. The van der Waals surface area contributed by atoms with E-state index in [-0.39, 0.29) is 6.79 Å². The van der Waals surface area contributed by atoms with Gasteiger partial charge in [0.05, 0.1) is 5.02 Å². The predicted octanol–water partition coefficient (Wildman–Crippen LogP) is 3.38. The van der Waals surface area contributed by atoms with Crippen LogP contribution in [0.1, 0.15) is 32.4 Å². The summed E-state index contributed by atoms with van der Waals surface area (Å²) < 4.78 is 10.5. The third-order valence-corrected chi connectivity index (χ3v) is 2.76. The van der Waals surface area contributed by atoms with Gasteiger partial charge >= 0.3 is 0 Å². The van der Waals surface area contributed by atoms with Crippen molar-refractivity contribution in [1.29, 1.82) is 0 Å². The second kappa shape index (κ2) is 7.54. The molecular formula is C13H20ClNO2. The van der Waals surface area contributed by atoms with Crippen molar-refractivity contribution in [2.45, 2.75) is 26.8 Å². The van der Waals surface area contributed by atoms with E-state index >= 15 is 0 Å². The van der Waals surface area contributed by atoms with E-state index in [1.165, 1.54) is 0 Å². The van der Waals surface area contributed by atoms with Gasteiger partial charge in [0.25, 0.3) is 0 Å². The zero-order chi connectivity index (χ0) is 12.7. The standard InChI is InChI=1S/C13H20ClNO2/c1-4-15-10(3)11-6-7-13(12(14)8-11)17-9-16-5-2/h6-8,10,15H,4-5,9H2,1-3H3. The molecule has 0 aliphatic heterocycles. The van der Waals surface area contributed by atoms with Crippen molar-refractivity contribution in [2.75, 3.05) is 19.9 Å². The highest BCUT2D eigenvalue weighted by atomic mass is 35.5. The van der Waals surface area contributed by atoms with E-state index in [1.807, 2.05) is 25.1 Å². The van der Waals surface area contributed by atoms with Crippen LogP contribution in [0.25, 0.3) is 0 Å². The van der Waals surface area contributed by atoms with E-state index < -0.39 is 0 Å². The number of halogens is 1. The van der Waals surface area contributed by atoms with E-state index in [0.29, 0.717) is 23.4 Å². The Morgan fingerprint density at radius 2 is 2.12 bits per heavy atom. The lowest BCUT2D eigenvalue weighted by atomic mass is 10.1. The van der Waals surface area contributed by atoms with Crippen molar-refractivity contribution in [1.82, 2.24) is 5.32 Å². The summed E-state index contributed by atoms with van der Waals surface area (Å²) >= 11 is 6.14. The lowest BCUT2D eigenvalue weighted by Crippen LogP contribution is -2.17. The van der Waals surface area contributed by atoms with Gasteiger partial charge in [-0.3, -0.25) is 0 Å². The summed E-state index contributed by atoms with van der Waals surface area (Å²) in [6, 6.07) is 6.11. The van der Waals surface area contributed by atoms with Crippen LogP contribution in [-0.4, -0.2) is 19.9 Å². The predicted molar refractivity (Wildman–Crippen MR) is 70.7 cm³/mol. The minimum atomic E-state index is 0.234. The molecule has 0 saturated heterocycles. The Balaban J connectivity index is 2.65. The zero-order valence-electron chi connectivity index (χ0n) is 10.6. The molecule has 1 aromatic carbocycles. The fraction of sp³-hybridized carbons (Fsp3) is 0.538. The van der Waals surface area contributed by atoms with Gasteiger partial charge in [0, 0.05) is 12.6 Å². The molecule has 3 nitrogen and oxygen atoms in total. The number of benzene rings is 1. The summed E-state index contributed by atoms with van der Waals surface area (Å²) in [5.74, 6) is 0.660. The topological polar surface area (TPSA) is 30.5 Å². The summed E-state index contributed by atoms with van der Waals surface area (Å²) in [6.07, 6.45) is 0. The van der Waals surface area contributed by atoms with Gasteiger partial charge in [-0.25, -0.2) is 0 Å². The average molecular weight is 258 g/mol. The molecular weight excluding hydrogens is 238 g/mol. The molecule has 0 aliphatic rings. The maximum atomic E-state index is 6.14. The number of hydrogen-bond acceptors (Lipinski definition) is 3. The van der Waals surface area contributed by atoms with Crippen molar-refractivity contribution in [3.8, 4) is 5.75 Å². The van der Waals surface area contributed by atoms with Gasteiger partial charge in [0.1, 0.15) is 5.75 Å². The quantitative estimate of drug-likeness (QED) is 0.600. The van der Waals surface area contributed by atoms with Gasteiger partial charge in [-0.05, 0) is 38.1 Å². The summed E-state index contributed by atoms with van der Waals surface area (Å²) in [7, 11) is 0. The van der Waals surface area contributed by atoms with Gasteiger partial charge in [-0.1, -0.05) is 24.6 Å². The Labute approximate surface area is 108 Å². The minimum Gasteiger partial charge on any atom is -0.466 e. The normalized spacial score (nSPS) is 12.5. The van der Waals surface area contributed by atoms with Crippen LogP contribution in [0.4, 0.5) is 0 Å². The van der Waals surface area contributed by atoms with Crippen LogP contribution in [0.5, 0.6) is 5.75 Å². The summed E-state index contributed by atoms with van der Waals surface area (Å²) in [6.45, 7) is 7.91. The molecule has 0 fully saturated rings. The second-order valence-electron chi connectivity index (χ2n) is 3.72. The van der Waals surface area contributed by atoms with Crippen molar-refractivity contribution < 1.29 is 9.47 Å². The second-order valence-corrected chi connectivity index (χ2v) is 4.13. The molecule has 0 heterocycles. The van der Waals surface area contributed by atoms with E-state index in [2.05, 4.69) is 19.2 Å². The first-order chi connectivity index (χ1) is 8.19. The van der Waals surface area contributed by atoms with Gasteiger partial charge < -0.3 is 14.8 Å². The highest BCUT2D eigenvalue weighted by Crippen LogP contribution is 2.27. The molecule has 1 aromatic rings. The molecule has 17 heavy (non-hydrogen) atoms. The lowest BCUT2D eigenvalue weighted by molar-refractivity contribution is 0.0224. The fourth-order valence-electron chi connectivity index (χ4n) is 1.52. The van der Waals surface area contributed by atoms with E-state index in [9.17, 15) is 0 Å². The molecule has 0 aromatic heterocycles. The molecule has 0 bridgehead atoms. The molecule has 1 N–H and O–H groups in total. The highest BCUT2D eigenvalue weighted by Gasteiger charge is 2.07. The van der Waals surface area contributed by atoms with Crippen molar-refractivity contribution in [2.24, 2.45) is 0 Å². The highest BCUT2D eigenvalue weighted by molar-refractivity contribution is 6.32. The molecule has 0 aliphatic carbocycles. The fourth-order valence-corrected chi connectivity index (χ4v) is 1.76. The Hall–Kier alpha value is -0.770. The van der Waals surface area contributed by atoms with Crippen LogP contribution in [0.15, 0.2) is 18.2 Å². The first-order valence-electron chi connectivity index (χ1n) is 5.92. The average Bonchev–Trinajstić information content (AvgIpc) is 2.31. The molecule has 1 atom stereocenters. The van der Waals surface area contributed by atoms with E-state index in [1.54, 1.807) is 0 Å². The molecule has 4 heteroatoms. The van der Waals surface area contributed by atoms with E-state index in [0.717, 1.165) is 12.1 Å². The number of ether oxygens (including phenoxy) is 2. The molecule has 96 valence electrons. The first-order valence-corrected chi connectivity index (χ1v) is 6.30. The molecule has 1 rings (SSSR count). The Morgan fingerprint density at radius 1 is 1.35 bits per heavy atom. The molecule has 0 radical (unpaired) electrons. The SMILES string of the molecule is CCNC(C)c1ccc(OCOCC)c(Cl)c1. The van der Waals surface area contributed by atoms with Crippen LogP contribution in [0.3, 0.4) is 0 Å².